The number of esters is 1. The number of carbonyl (C=O) groups excluding carboxylic acids is 1. The van der Waals surface area contributed by atoms with Gasteiger partial charge in [-0.25, -0.2) is 9.18 Å². The van der Waals surface area contributed by atoms with E-state index in [2.05, 4.69) is 9.72 Å². The summed E-state index contributed by atoms with van der Waals surface area (Å²) in [6, 6.07) is 4.58. The van der Waals surface area contributed by atoms with Crippen molar-refractivity contribution in [2.24, 2.45) is 0 Å². The van der Waals surface area contributed by atoms with Gasteiger partial charge in [-0.2, -0.15) is 0 Å². The molecule has 0 aliphatic rings. The standard InChI is InChI=1S/C13H8FNO3S/c1-18-13(17)12-10(16)7-5-15-9-6(11(7)19-12)3-2-4-8(9)14/h2-5,16H,1H3. The molecule has 2 heterocycles. The third kappa shape index (κ3) is 1.64. The molecule has 0 saturated carbocycles. The molecule has 0 unspecified atom stereocenters. The number of aromatic hydroxyl groups is 1. The van der Waals surface area contributed by atoms with E-state index in [0.29, 0.717) is 15.5 Å². The van der Waals surface area contributed by atoms with Crippen molar-refractivity contribution in [2.75, 3.05) is 7.11 Å². The molecular weight excluding hydrogens is 269 g/mol. The summed E-state index contributed by atoms with van der Waals surface area (Å²) in [4.78, 5) is 15.6. The fourth-order valence-electron chi connectivity index (χ4n) is 1.94. The number of carbonyl (C=O) groups is 1. The van der Waals surface area contributed by atoms with Crippen LogP contribution >= 0.6 is 11.3 Å². The molecule has 2 aromatic heterocycles. The molecule has 1 N–H and O–H groups in total. The normalized spacial score (nSPS) is 11.1. The third-order valence-corrected chi connectivity index (χ3v) is 4.05. The van der Waals surface area contributed by atoms with Crippen LogP contribution in [0.1, 0.15) is 9.67 Å². The van der Waals surface area contributed by atoms with Crippen molar-refractivity contribution < 1.29 is 19.0 Å². The largest absolute Gasteiger partial charge is 0.505 e. The van der Waals surface area contributed by atoms with Crippen LogP contribution in [0.5, 0.6) is 5.75 Å². The molecule has 0 fully saturated rings. The molecule has 4 nitrogen and oxygen atoms in total. The number of ether oxygens (including phenoxy) is 1. The van der Waals surface area contributed by atoms with E-state index >= 15 is 0 Å². The number of hydrogen-bond donors (Lipinski definition) is 1. The topological polar surface area (TPSA) is 59.4 Å². The van der Waals surface area contributed by atoms with Crippen molar-refractivity contribution in [3.8, 4) is 5.75 Å². The van der Waals surface area contributed by atoms with Crippen molar-refractivity contribution in [2.45, 2.75) is 0 Å². The molecule has 0 spiro atoms. The Labute approximate surface area is 111 Å². The minimum Gasteiger partial charge on any atom is -0.505 e. The first-order valence-corrected chi connectivity index (χ1v) is 6.22. The lowest BCUT2D eigenvalue weighted by molar-refractivity contribution is 0.0603. The Bertz CT molecular complexity index is 812. The maximum absolute atomic E-state index is 13.6. The van der Waals surface area contributed by atoms with Gasteiger partial charge in [0, 0.05) is 11.6 Å². The summed E-state index contributed by atoms with van der Waals surface area (Å²) in [5.41, 5.74) is 0.215. The van der Waals surface area contributed by atoms with Crippen molar-refractivity contribution >= 4 is 38.3 Å². The van der Waals surface area contributed by atoms with Crippen LogP contribution in [0.15, 0.2) is 24.4 Å². The molecule has 0 aliphatic heterocycles. The first-order valence-electron chi connectivity index (χ1n) is 5.40. The van der Waals surface area contributed by atoms with Gasteiger partial charge in [0.05, 0.1) is 17.2 Å². The number of pyridine rings is 1. The van der Waals surface area contributed by atoms with Crippen LogP contribution in [0.3, 0.4) is 0 Å². The number of para-hydroxylation sites is 1. The SMILES string of the molecule is COC(=O)c1sc2c(cnc3c(F)cccc32)c1O. The fourth-order valence-corrected chi connectivity index (χ4v) is 3.06. The predicted octanol–water partition coefficient (Wildman–Crippen LogP) is 3.08. The van der Waals surface area contributed by atoms with Crippen molar-refractivity contribution in [3.05, 3.63) is 35.1 Å². The Hall–Kier alpha value is -2.21. The monoisotopic (exact) mass is 277 g/mol. The molecule has 6 heteroatoms. The molecule has 0 amide bonds. The number of thiophene rings is 1. The summed E-state index contributed by atoms with van der Waals surface area (Å²) in [6.07, 6.45) is 1.36. The van der Waals surface area contributed by atoms with E-state index in [4.69, 9.17) is 0 Å². The average Bonchev–Trinajstić information content (AvgIpc) is 2.76. The van der Waals surface area contributed by atoms with Gasteiger partial charge in [-0.1, -0.05) is 12.1 Å². The molecule has 96 valence electrons. The Morgan fingerprint density at radius 2 is 2.21 bits per heavy atom. The first-order chi connectivity index (χ1) is 9.13. The second kappa shape index (κ2) is 4.17. The van der Waals surface area contributed by atoms with Gasteiger partial charge in [0.15, 0.2) is 4.88 Å². The smallest absolute Gasteiger partial charge is 0.351 e. The average molecular weight is 277 g/mol. The maximum atomic E-state index is 13.6. The summed E-state index contributed by atoms with van der Waals surface area (Å²) in [5, 5.41) is 11.0. The molecule has 0 saturated heterocycles. The summed E-state index contributed by atoms with van der Waals surface area (Å²) in [7, 11) is 1.24. The van der Waals surface area contributed by atoms with Crippen LogP contribution in [0.2, 0.25) is 0 Å². The number of benzene rings is 1. The van der Waals surface area contributed by atoms with E-state index in [1.807, 2.05) is 0 Å². The van der Waals surface area contributed by atoms with Gasteiger partial charge in [-0.15, -0.1) is 11.3 Å². The zero-order valence-electron chi connectivity index (χ0n) is 9.81. The Morgan fingerprint density at radius 1 is 1.42 bits per heavy atom. The molecule has 3 rings (SSSR count). The van der Waals surface area contributed by atoms with Crippen LogP contribution in [-0.2, 0) is 4.74 Å². The van der Waals surface area contributed by atoms with Crippen molar-refractivity contribution in [3.63, 3.8) is 0 Å². The summed E-state index contributed by atoms with van der Waals surface area (Å²) in [5.74, 6) is -1.24. The minimum atomic E-state index is -0.622. The summed E-state index contributed by atoms with van der Waals surface area (Å²) >= 11 is 1.06. The summed E-state index contributed by atoms with van der Waals surface area (Å²) < 4.78 is 18.8. The molecular formula is C13H8FNO3S. The zero-order chi connectivity index (χ0) is 13.6. The van der Waals surface area contributed by atoms with Gasteiger partial charge >= 0.3 is 5.97 Å². The highest BCUT2D eigenvalue weighted by molar-refractivity contribution is 7.22. The lowest BCUT2D eigenvalue weighted by atomic mass is 10.1. The molecule has 0 radical (unpaired) electrons. The van der Waals surface area contributed by atoms with Crippen molar-refractivity contribution in [1.82, 2.24) is 4.98 Å². The molecule has 1 aromatic carbocycles. The second-order valence-electron chi connectivity index (χ2n) is 3.91. The van der Waals surface area contributed by atoms with Gasteiger partial charge in [0.2, 0.25) is 0 Å². The van der Waals surface area contributed by atoms with Gasteiger partial charge < -0.3 is 9.84 Å². The lowest BCUT2D eigenvalue weighted by Gasteiger charge is -1.99. The predicted molar refractivity (Wildman–Crippen MR) is 70.1 cm³/mol. The first kappa shape index (κ1) is 11.9. The molecule has 0 bridgehead atoms. The second-order valence-corrected chi connectivity index (χ2v) is 4.93. The Morgan fingerprint density at radius 3 is 2.95 bits per heavy atom. The lowest BCUT2D eigenvalue weighted by Crippen LogP contribution is -1.97. The number of halogens is 1. The minimum absolute atomic E-state index is 0.0936. The van der Waals surface area contributed by atoms with Gasteiger partial charge in [-0.05, 0) is 6.07 Å². The Balaban J connectivity index is 2.44. The molecule has 0 aliphatic carbocycles. The van der Waals surface area contributed by atoms with E-state index in [-0.39, 0.29) is 16.1 Å². The number of nitrogens with zero attached hydrogens (tertiary/aromatic N) is 1. The number of rotatable bonds is 1. The zero-order valence-corrected chi connectivity index (χ0v) is 10.6. The van der Waals surface area contributed by atoms with Crippen LogP contribution in [-0.4, -0.2) is 23.2 Å². The van der Waals surface area contributed by atoms with E-state index in [1.165, 1.54) is 19.4 Å². The van der Waals surface area contributed by atoms with E-state index in [0.717, 1.165) is 11.3 Å². The quantitative estimate of drug-likeness (QED) is 0.694. The van der Waals surface area contributed by atoms with Gasteiger partial charge in [0.25, 0.3) is 0 Å². The van der Waals surface area contributed by atoms with Crippen LogP contribution in [0.4, 0.5) is 4.39 Å². The van der Waals surface area contributed by atoms with Gasteiger partial charge in [-0.3, -0.25) is 4.98 Å². The molecule has 3 aromatic rings. The number of hydrogen-bond acceptors (Lipinski definition) is 5. The maximum Gasteiger partial charge on any atom is 0.351 e. The highest BCUT2D eigenvalue weighted by Crippen LogP contribution is 2.40. The third-order valence-electron chi connectivity index (χ3n) is 2.84. The number of aromatic nitrogens is 1. The van der Waals surface area contributed by atoms with Crippen molar-refractivity contribution in [1.29, 1.82) is 0 Å². The van der Waals surface area contributed by atoms with E-state index in [1.54, 1.807) is 12.1 Å². The van der Waals surface area contributed by atoms with Crippen LogP contribution < -0.4 is 0 Å². The molecule has 19 heavy (non-hydrogen) atoms. The molecule has 0 atom stereocenters. The summed E-state index contributed by atoms with van der Waals surface area (Å²) in [6.45, 7) is 0. The van der Waals surface area contributed by atoms with E-state index in [9.17, 15) is 14.3 Å². The van der Waals surface area contributed by atoms with E-state index < -0.39 is 11.8 Å². The highest BCUT2D eigenvalue weighted by Gasteiger charge is 2.20. The number of methoxy groups -OCH3 is 1. The number of fused-ring (bicyclic) bond motifs is 3. The van der Waals surface area contributed by atoms with Crippen LogP contribution in [0, 0.1) is 5.82 Å². The fraction of sp³-hybridized carbons (Fsp3) is 0.0769. The Kier molecular flexibility index (Phi) is 2.60. The van der Waals surface area contributed by atoms with Gasteiger partial charge in [0.1, 0.15) is 17.1 Å². The highest BCUT2D eigenvalue weighted by atomic mass is 32.1. The van der Waals surface area contributed by atoms with Crippen LogP contribution in [0.25, 0.3) is 21.0 Å².